The molecule has 0 fully saturated rings. The van der Waals surface area contributed by atoms with E-state index in [1.54, 1.807) is 19.1 Å². The molecule has 0 saturated carbocycles. The zero-order valence-corrected chi connectivity index (χ0v) is 11.6. The topological polar surface area (TPSA) is 21.3 Å². The monoisotopic (exact) mass is 279 g/mol. The van der Waals surface area contributed by atoms with Gasteiger partial charge in [0.15, 0.2) is 0 Å². The van der Waals surface area contributed by atoms with Gasteiger partial charge in [0.2, 0.25) is 0 Å². The summed E-state index contributed by atoms with van der Waals surface area (Å²) in [6.45, 7) is 2.31. The fraction of sp³-hybridized carbons (Fsp3) is 0.200. The lowest BCUT2D eigenvalue weighted by molar-refractivity contribution is 0.471. The molecule has 1 N–H and O–H groups in total. The lowest BCUT2D eigenvalue weighted by atomic mass is 10.2. The summed E-state index contributed by atoms with van der Waals surface area (Å²) in [5, 5.41) is 3.69. The van der Waals surface area contributed by atoms with Gasteiger partial charge in [-0.3, -0.25) is 0 Å². The predicted octanol–water partition coefficient (Wildman–Crippen LogP) is 4.30. The van der Waals surface area contributed by atoms with Crippen LogP contribution in [0, 0.1) is 12.7 Å². The third-order valence-electron chi connectivity index (χ3n) is 2.79. The quantitative estimate of drug-likeness (QED) is 0.901. The van der Waals surface area contributed by atoms with Crippen LogP contribution < -0.4 is 10.1 Å². The first-order valence-corrected chi connectivity index (χ1v) is 6.35. The fourth-order valence-corrected chi connectivity index (χ4v) is 2.02. The number of benzene rings is 2. The third-order valence-corrected chi connectivity index (χ3v) is 3.14. The van der Waals surface area contributed by atoms with Crippen molar-refractivity contribution in [3.05, 3.63) is 58.4 Å². The van der Waals surface area contributed by atoms with E-state index in [4.69, 9.17) is 16.3 Å². The highest BCUT2D eigenvalue weighted by atomic mass is 35.5. The molecular weight excluding hydrogens is 265 g/mol. The summed E-state index contributed by atoms with van der Waals surface area (Å²) in [6, 6.07) is 10.2. The van der Waals surface area contributed by atoms with Gasteiger partial charge in [0.25, 0.3) is 0 Å². The van der Waals surface area contributed by atoms with Crippen LogP contribution in [-0.2, 0) is 6.54 Å². The standard InChI is InChI=1S/C15H15ClFNO/c1-10-8-11(6-7-14(10)17)19-15-5-3-4-13(16)12(15)9-18-2/h3-8,18H,9H2,1-2H3. The average Bonchev–Trinajstić information content (AvgIpc) is 2.38. The van der Waals surface area contributed by atoms with Gasteiger partial charge in [-0.25, -0.2) is 4.39 Å². The first-order valence-electron chi connectivity index (χ1n) is 5.98. The molecule has 0 aliphatic rings. The van der Waals surface area contributed by atoms with Gasteiger partial charge >= 0.3 is 0 Å². The number of hydrogen-bond donors (Lipinski definition) is 1. The summed E-state index contributed by atoms with van der Waals surface area (Å²) in [7, 11) is 1.84. The van der Waals surface area contributed by atoms with Crippen molar-refractivity contribution in [3.63, 3.8) is 0 Å². The van der Waals surface area contributed by atoms with Crippen LogP contribution >= 0.6 is 11.6 Å². The van der Waals surface area contributed by atoms with Crippen LogP contribution in [0.4, 0.5) is 4.39 Å². The fourth-order valence-electron chi connectivity index (χ4n) is 1.79. The average molecular weight is 280 g/mol. The Hall–Kier alpha value is -1.58. The van der Waals surface area contributed by atoms with Crippen LogP contribution in [0.3, 0.4) is 0 Å². The summed E-state index contributed by atoms with van der Waals surface area (Å²) in [5.74, 6) is 1.03. The molecule has 19 heavy (non-hydrogen) atoms. The van der Waals surface area contributed by atoms with Gasteiger partial charge in [0, 0.05) is 17.1 Å². The third kappa shape index (κ3) is 3.25. The number of halogens is 2. The highest BCUT2D eigenvalue weighted by Crippen LogP contribution is 2.31. The minimum absolute atomic E-state index is 0.242. The molecule has 0 heterocycles. The maximum atomic E-state index is 13.2. The van der Waals surface area contributed by atoms with E-state index in [2.05, 4.69) is 5.32 Å². The second kappa shape index (κ2) is 6.04. The van der Waals surface area contributed by atoms with Crippen LogP contribution in [0.2, 0.25) is 5.02 Å². The summed E-state index contributed by atoms with van der Waals surface area (Å²) < 4.78 is 19.0. The Bertz CT molecular complexity index is 586. The first-order chi connectivity index (χ1) is 9.11. The van der Waals surface area contributed by atoms with E-state index in [1.807, 2.05) is 25.2 Å². The Balaban J connectivity index is 2.32. The van der Waals surface area contributed by atoms with Gasteiger partial charge < -0.3 is 10.1 Å². The van der Waals surface area contributed by atoms with Gasteiger partial charge in [0.05, 0.1) is 0 Å². The normalized spacial score (nSPS) is 10.5. The molecule has 0 aromatic heterocycles. The first kappa shape index (κ1) is 13.8. The molecule has 0 radical (unpaired) electrons. The molecule has 0 aliphatic heterocycles. The molecule has 0 aliphatic carbocycles. The van der Waals surface area contributed by atoms with Gasteiger partial charge in [-0.05, 0) is 49.9 Å². The molecule has 0 atom stereocenters. The van der Waals surface area contributed by atoms with Crippen molar-refractivity contribution < 1.29 is 9.13 Å². The van der Waals surface area contributed by atoms with Gasteiger partial charge in [-0.15, -0.1) is 0 Å². The van der Waals surface area contributed by atoms with Crippen LogP contribution in [0.25, 0.3) is 0 Å². The van der Waals surface area contributed by atoms with Gasteiger partial charge in [0.1, 0.15) is 17.3 Å². The number of hydrogen-bond acceptors (Lipinski definition) is 2. The zero-order valence-electron chi connectivity index (χ0n) is 10.8. The summed E-state index contributed by atoms with van der Waals surface area (Å²) >= 11 is 6.15. The van der Waals surface area contributed by atoms with Crippen LogP contribution in [-0.4, -0.2) is 7.05 Å². The van der Waals surface area contributed by atoms with Crippen molar-refractivity contribution in [1.82, 2.24) is 5.32 Å². The van der Waals surface area contributed by atoms with Gasteiger partial charge in [-0.2, -0.15) is 0 Å². The molecule has 0 unspecified atom stereocenters. The van der Waals surface area contributed by atoms with Crippen molar-refractivity contribution in [1.29, 1.82) is 0 Å². The molecule has 0 amide bonds. The summed E-state index contributed by atoms with van der Waals surface area (Å²) in [5.41, 5.74) is 1.43. The smallest absolute Gasteiger partial charge is 0.133 e. The Labute approximate surface area is 117 Å². The summed E-state index contributed by atoms with van der Waals surface area (Å²) in [4.78, 5) is 0. The molecule has 0 saturated heterocycles. The maximum absolute atomic E-state index is 13.2. The molecule has 2 aromatic carbocycles. The van der Waals surface area contributed by atoms with Crippen molar-refractivity contribution in [2.45, 2.75) is 13.5 Å². The number of rotatable bonds is 4. The number of ether oxygens (including phenoxy) is 1. The molecule has 2 rings (SSSR count). The second-order valence-electron chi connectivity index (χ2n) is 4.26. The molecule has 100 valence electrons. The number of nitrogens with one attached hydrogen (secondary N) is 1. The molecule has 4 heteroatoms. The Morgan fingerprint density at radius 2 is 2.05 bits per heavy atom. The van der Waals surface area contributed by atoms with E-state index >= 15 is 0 Å². The highest BCUT2D eigenvalue weighted by molar-refractivity contribution is 6.31. The molecular formula is C15H15ClFNO. The second-order valence-corrected chi connectivity index (χ2v) is 4.67. The van der Waals surface area contributed by atoms with E-state index in [9.17, 15) is 4.39 Å². The van der Waals surface area contributed by atoms with E-state index in [0.29, 0.717) is 28.6 Å². The Morgan fingerprint density at radius 3 is 2.74 bits per heavy atom. The summed E-state index contributed by atoms with van der Waals surface area (Å²) in [6.07, 6.45) is 0. The highest BCUT2D eigenvalue weighted by Gasteiger charge is 2.09. The van der Waals surface area contributed by atoms with Crippen molar-refractivity contribution in [2.24, 2.45) is 0 Å². The largest absolute Gasteiger partial charge is 0.457 e. The van der Waals surface area contributed by atoms with Crippen molar-refractivity contribution >= 4 is 11.6 Å². The Morgan fingerprint density at radius 1 is 1.26 bits per heavy atom. The Kier molecular flexibility index (Phi) is 4.40. The van der Waals surface area contributed by atoms with Crippen LogP contribution in [0.1, 0.15) is 11.1 Å². The lowest BCUT2D eigenvalue weighted by Crippen LogP contribution is -2.07. The van der Waals surface area contributed by atoms with E-state index < -0.39 is 0 Å². The van der Waals surface area contributed by atoms with E-state index in [0.717, 1.165) is 5.56 Å². The van der Waals surface area contributed by atoms with Crippen molar-refractivity contribution in [3.8, 4) is 11.5 Å². The van der Waals surface area contributed by atoms with Crippen molar-refractivity contribution in [2.75, 3.05) is 7.05 Å². The van der Waals surface area contributed by atoms with E-state index in [1.165, 1.54) is 6.07 Å². The molecule has 2 aromatic rings. The zero-order chi connectivity index (χ0) is 13.8. The minimum Gasteiger partial charge on any atom is -0.457 e. The van der Waals surface area contributed by atoms with Gasteiger partial charge in [-0.1, -0.05) is 17.7 Å². The SMILES string of the molecule is CNCc1c(Cl)cccc1Oc1ccc(F)c(C)c1. The van der Waals surface area contributed by atoms with E-state index in [-0.39, 0.29) is 5.82 Å². The number of aryl methyl sites for hydroxylation is 1. The molecule has 2 nitrogen and oxygen atoms in total. The van der Waals surface area contributed by atoms with Crippen LogP contribution in [0.15, 0.2) is 36.4 Å². The predicted molar refractivity (Wildman–Crippen MR) is 75.4 cm³/mol. The maximum Gasteiger partial charge on any atom is 0.133 e. The molecule has 0 spiro atoms. The minimum atomic E-state index is -0.242. The molecule has 0 bridgehead atoms. The lowest BCUT2D eigenvalue weighted by Gasteiger charge is -2.13. The van der Waals surface area contributed by atoms with Crippen LogP contribution in [0.5, 0.6) is 11.5 Å².